The van der Waals surface area contributed by atoms with Crippen molar-refractivity contribution in [2.45, 2.75) is 44.3 Å². The summed E-state index contributed by atoms with van der Waals surface area (Å²) in [6.07, 6.45) is -13.3. The molecule has 0 N–H and O–H groups in total. The number of ether oxygens (including phenoxy) is 2. The standard InChI is InChI=1S/C16H16F6O3/c1-5-10-8-6-7-9-11(10)14(15(17,18)19,16(20,21)22)25-12(23)24-13(2,3)4/h5-9H,1H2,2-4H3. The molecule has 0 bridgehead atoms. The maximum Gasteiger partial charge on any atom is 0.510 e. The monoisotopic (exact) mass is 370 g/mol. The molecule has 140 valence electrons. The number of alkyl halides is 6. The Labute approximate surface area is 140 Å². The van der Waals surface area contributed by atoms with Crippen LogP contribution in [0.1, 0.15) is 31.9 Å². The van der Waals surface area contributed by atoms with E-state index in [4.69, 9.17) is 0 Å². The minimum Gasteiger partial charge on any atom is -0.429 e. The molecule has 1 aromatic rings. The van der Waals surface area contributed by atoms with Gasteiger partial charge in [-0.3, -0.25) is 0 Å². The molecule has 3 nitrogen and oxygen atoms in total. The van der Waals surface area contributed by atoms with E-state index in [9.17, 15) is 31.1 Å². The molecule has 0 unspecified atom stereocenters. The summed E-state index contributed by atoms with van der Waals surface area (Å²) in [4.78, 5) is 11.7. The van der Waals surface area contributed by atoms with Gasteiger partial charge in [0.2, 0.25) is 0 Å². The predicted octanol–water partition coefficient (Wildman–Crippen LogP) is 5.60. The molecule has 25 heavy (non-hydrogen) atoms. The highest BCUT2D eigenvalue weighted by Gasteiger charge is 2.76. The van der Waals surface area contributed by atoms with E-state index in [0.29, 0.717) is 6.07 Å². The fraction of sp³-hybridized carbons (Fsp3) is 0.438. The predicted molar refractivity (Wildman–Crippen MR) is 77.6 cm³/mol. The van der Waals surface area contributed by atoms with Gasteiger partial charge in [-0.1, -0.05) is 36.9 Å². The van der Waals surface area contributed by atoms with Gasteiger partial charge in [0.15, 0.2) is 0 Å². The van der Waals surface area contributed by atoms with Crippen molar-refractivity contribution in [3.63, 3.8) is 0 Å². The summed E-state index contributed by atoms with van der Waals surface area (Å²) in [5.41, 5.74) is -8.04. The first kappa shape index (κ1) is 20.9. The molecule has 1 rings (SSSR count). The van der Waals surface area contributed by atoms with Crippen molar-refractivity contribution in [2.75, 3.05) is 0 Å². The average molecular weight is 370 g/mol. The van der Waals surface area contributed by atoms with E-state index >= 15 is 0 Å². The Balaban J connectivity index is 3.66. The fourth-order valence-electron chi connectivity index (χ4n) is 2.03. The van der Waals surface area contributed by atoms with Crippen molar-refractivity contribution >= 4 is 12.2 Å². The van der Waals surface area contributed by atoms with Crippen molar-refractivity contribution in [3.8, 4) is 0 Å². The van der Waals surface area contributed by atoms with Gasteiger partial charge in [0, 0.05) is 5.56 Å². The molecule has 0 saturated carbocycles. The second kappa shape index (κ2) is 6.61. The average Bonchev–Trinajstić information content (AvgIpc) is 2.40. The van der Waals surface area contributed by atoms with Crippen LogP contribution in [0.4, 0.5) is 31.1 Å². The summed E-state index contributed by atoms with van der Waals surface area (Å²) < 4.78 is 89.9. The number of carbonyl (C=O) groups is 1. The van der Waals surface area contributed by atoms with Gasteiger partial charge in [-0.25, -0.2) is 4.79 Å². The topological polar surface area (TPSA) is 35.5 Å². The van der Waals surface area contributed by atoms with E-state index in [2.05, 4.69) is 16.1 Å². The number of hydrogen-bond donors (Lipinski definition) is 0. The van der Waals surface area contributed by atoms with Crippen LogP contribution in [0.2, 0.25) is 0 Å². The van der Waals surface area contributed by atoms with E-state index in [1.807, 2.05) is 0 Å². The lowest BCUT2D eigenvalue weighted by atomic mass is 9.88. The first-order valence-corrected chi connectivity index (χ1v) is 6.93. The maximum atomic E-state index is 13.6. The molecule has 0 radical (unpaired) electrons. The summed E-state index contributed by atoms with van der Waals surface area (Å²) in [6.45, 7) is 7.02. The van der Waals surface area contributed by atoms with E-state index in [1.54, 1.807) is 0 Å². The normalized spacial score (nSPS) is 13.3. The third kappa shape index (κ3) is 4.26. The van der Waals surface area contributed by atoms with Gasteiger partial charge in [0.05, 0.1) is 0 Å². The van der Waals surface area contributed by atoms with Gasteiger partial charge < -0.3 is 9.47 Å². The smallest absolute Gasteiger partial charge is 0.429 e. The van der Waals surface area contributed by atoms with Crippen LogP contribution in [0.5, 0.6) is 0 Å². The zero-order valence-corrected chi connectivity index (χ0v) is 13.6. The van der Waals surface area contributed by atoms with Crippen LogP contribution < -0.4 is 0 Å². The highest BCUT2D eigenvalue weighted by atomic mass is 19.4. The summed E-state index contributed by atoms with van der Waals surface area (Å²) in [6, 6.07) is 3.76. The third-order valence-corrected chi connectivity index (χ3v) is 2.98. The lowest BCUT2D eigenvalue weighted by Crippen LogP contribution is -2.57. The Morgan fingerprint density at radius 1 is 0.960 bits per heavy atom. The second-order valence-electron chi connectivity index (χ2n) is 6.03. The maximum absolute atomic E-state index is 13.6. The first-order valence-electron chi connectivity index (χ1n) is 6.93. The van der Waals surface area contributed by atoms with Gasteiger partial charge in [-0.2, -0.15) is 26.3 Å². The van der Waals surface area contributed by atoms with Gasteiger partial charge in [-0.15, -0.1) is 0 Å². The zero-order chi connectivity index (χ0) is 19.7. The Morgan fingerprint density at radius 2 is 1.44 bits per heavy atom. The Morgan fingerprint density at radius 3 is 1.84 bits per heavy atom. The molecule has 1 aromatic carbocycles. The summed E-state index contributed by atoms with van der Waals surface area (Å²) >= 11 is 0. The zero-order valence-electron chi connectivity index (χ0n) is 13.6. The molecule has 0 saturated heterocycles. The molecular weight excluding hydrogens is 354 g/mol. The molecule has 0 spiro atoms. The summed E-state index contributed by atoms with van der Waals surface area (Å²) in [7, 11) is 0. The van der Waals surface area contributed by atoms with E-state index < -0.39 is 40.8 Å². The largest absolute Gasteiger partial charge is 0.510 e. The fourth-order valence-corrected chi connectivity index (χ4v) is 2.03. The van der Waals surface area contributed by atoms with Crippen molar-refractivity contribution in [2.24, 2.45) is 0 Å². The van der Waals surface area contributed by atoms with Crippen molar-refractivity contribution < 1.29 is 40.6 Å². The molecule has 9 heteroatoms. The lowest BCUT2D eigenvalue weighted by molar-refractivity contribution is -0.377. The number of halogens is 6. The first-order chi connectivity index (χ1) is 11.2. The third-order valence-electron chi connectivity index (χ3n) is 2.98. The SMILES string of the molecule is C=Cc1ccccc1C(OC(=O)OC(C)(C)C)(C(F)(F)F)C(F)(F)F. The van der Waals surface area contributed by atoms with Crippen LogP contribution in [0.15, 0.2) is 30.8 Å². The molecule has 0 aliphatic rings. The van der Waals surface area contributed by atoms with Crippen LogP contribution in [-0.2, 0) is 15.1 Å². The molecule has 0 amide bonds. The van der Waals surface area contributed by atoms with Crippen LogP contribution in [0.25, 0.3) is 6.08 Å². The van der Waals surface area contributed by atoms with Gasteiger partial charge in [-0.05, 0) is 26.3 Å². The van der Waals surface area contributed by atoms with Crippen LogP contribution in [-0.4, -0.2) is 24.1 Å². The molecule has 0 aliphatic carbocycles. The summed E-state index contributed by atoms with van der Waals surface area (Å²) in [5.74, 6) is 0. The minimum absolute atomic E-state index is 0.485. The highest BCUT2D eigenvalue weighted by Crippen LogP contribution is 2.54. The molecule has 0 fully saturated rings. The van der Waals surface area contributed by atoms with Gasteiger partial charge in [0.1, 0.15) is 5.60 Å². The van der Waals surface area contributed by atoms with Crippen molar-refractivity contribution in [3.05, 3.63) is 42.0 Å². The molecule has 0 heterocycles. The van der Waals surface area contributed by atoms with E-state index in [1.165, 1.54) is 26.8 Å². The molecule has 0 atom stereocenters. The number of carbonyl (C=O) groups excluding carboxylic acids is 1. The Hall–Kier alpha value is -2.19. The Kier molecular flexibility index (Phi) is 5.51. The van der Waals surface area contributed by atoms with E-state index in [-0.39, 0.29) is 0 Å². The molecule has 0 aromatic heterocycles. The van der Waals surface area contributed by atoms with Gasteiger partial charge >= 0.3 is 24.1 Å². The van der Waals surface area contributed by atoms with Crippen LogP contribution in [0, 0.1) is 0 Å². The Bertz CT molecular complexity index is 626. The molecular formula is C16H16F6O3. The van der Waals surface area contributed by atoms with Crippen molar-refractivity contribution in [1.82, 2.24) is 0 Å². The number of benzene rings is 1. The number of rotatable bonds is 3. The highest BCUT2D eigenvalue weighted by molar-refractivity contribution is 5.63. The summed E-state index contributed by atoms with van der Waals surface area (Å²) in [5, 5.41) is 0. The van der Waals surface area contributed by atoms with Crippen LogP contribution >= 0.6 is 0 Å². The second-order valence-corrected chi connectivity index (χ2v) is 6.03. The lowest BCUT2D eigenvalue weighted by Gasteiger charge is -2.37. The quantitative estimate of drug-likeness (QED) is 0.513. The van der Waals surface area contributed by atoms with E-state index in [0.717, 1.165) is 18.2 Å². The minimum atomic E-state index is -6.00. The van der Waals surface area contributed by atoms with Crippen molar-refractivity contribution in [1.29, 1.82) is 0 Å². The molecule has 0 aliphatic heterocycles. The van der Waals surface area contributed by atoms with Crippen LogP contribution in [0.3, 0.4) is 0 Å². The van der Waals surface area contributed by atoms with Gasteiger partial charge in [0.25, 0.3) is 0 Å². The number of hydrogen-bond acceptors (Lipinski definition) is 3.